The fourth-order valence-corrected chi connectivity index (χ4v) is 3.23. The van der Waals surface area contributed by atoms with Gasteiger partial charge in [-0.1, -0.05) is 30.3 Å². The Labute approximate surface area is 154 Å². The molecule has 1 aliphatic heterocycles. The van der Waals surface area contributed by atoms with E-state index in [-0.39, 0.29) is 5.91 Å². The molecule has 1 N–H and O–H groups in total. The fourth-order valence-electron chi connectivity index (χ4n) is 2.65. The Morgan fingerprint density at radius 1 is 1.12 bits per heavy atom. The molecular weight excluding hydrogens is 350 g/mol. The molecule has 132 valence electrons. The van der Waals surface area contributed by atoms with Gasteiger partial charge in [0, 0.05) is 36.4 Å². The minimum Gasteiger partial charge on any atom is -0.378 e. The number of nitrogens with one attached hydrogen (secondary N) is 1. The van der Waals surface area contributed by atoms with Gasteiger partial charge in [-0.15, -0.1) is 0 Å². The molecule has 1 saturated heterocycles. The highest BCUT2D eigenvalue weighted by Gasteiger charge is 2.15. The first kappa shape index (κ1) is 16.6. The molecule has 26 heavy (non-hydrogen) atoms. The molecule has 1 aromatic carbocycles. The zero-order valence-corrected chi connectivity index (χ0v) is 14.8. The molecule has 1 amide bonds. The number of morpholine rings is 1. The highest BCUT2D eigenvalue weighted by Crippen LogP contribution is 2.21. The molecule has 0 radical (unpaired) electrons. The van der Waals surface area contributed by atoms with Crippen LogP contribution in [-0.2, 0) is 4.74 Å². The molecule has 0 unspecified atom stereocenters. The lowest BCUT2D eigenvalue weighted by Gasteiger charge is -2.27. The van der Waals surface area contributed by atoms with Gasteiger partial charge in [0.1, 0.15) is 5.82 Å². The van der Waals surface area contributed by atoms with Crippen LogP contribution in [0, 0.1) is 0 Å². The summed E-state index contributed by atoms with van der Waals surface area (Å²) in [6.07, 6.45) is 1.58. The highest BCUT2D eigenvalue weighted by atomic mass is 32.1. The zero-order valence-electron chi connectivity index (χ0n) is 14.0. The molecule has 3 aromatic rings. The van der Waals surface area contributed by atoms with E-state index in [0.29, 0.717) is 29.7 Å². The van der Waals surface area contributed by atoms with Gasteiger partial charge in [0.2, 0.25) is 5.13 Å². The van der Waals surface area contributed by atoms with Crippen molar-refractivity contribution in [1.82, 2.24) is 14.3 Å². The predicted octanol–water partition coefficient (Wildman–Crippen LogP) is 2.69. The smallest absolute Gasteiger partial charge is 0.259 e. The van der Waals surface area contributed by atoms with Gasteiger partial charge in [-0.2, -0.15) is 9.36 Å². The number of ether oxygens (including phenoxy) is 1. The first-order chi connectivity index (χ1) is 12.8. The third kappa shape index (κ3) is 3.71. The second-order valence-electron chi connectivity index (χ2n) is 5.75. The van der Waals surface area contributed by atoms with Crippen molar-refractivity contribution in [2.24, 2.45) is 0 Å². The Bertz CT molecular complexity index is 876. The molecule has 8 heteroatoms. The van der Waals surface area contributed by atoms with Gasteiger partial charge in [0.15, 0.2) is 5.82 Å². The van der Waals surface area contributed by atoms with Gasteiger partial charge in [0.05, 0.1) is 18.8 Å². The summed E-state index contributed by atoms with van der Waals surface area (Å²) in [6.45, 7) is 3.02. The molecule has 7 nitrogen and oxygen atoms in total. The van der Waals surface area contributed by atoms with Crippen molar-refractivity contribution in [3.63, 3.8) is 0 Å². The summed E-state index contributed by atoms with van der Waals surface area (Å²) in [5.74, 6) is 1.21. The first-order valence-corrected chi connectivity index (χ1v) is 9.06. The summed E-state index contributed by atoms with van der Waals surface area (Å²) in [4.78, 5) is 23.3. The van der Waals surface area contributed by atoms with Crippen molar-refractivity contribution in [3.05, 3.63) is 54.2 Å². The maximum Gasteiger partial charge on any atom is 0.259 e. The Hall–Kier alpha value is -2.84. The number of aromatic nitrogens is 3. The standard InChI is InChI=1S/C18H17N5O2S/c24-17(14-6-7-15(19-12-14)23-8-10-25-11-9-23)21-18-20-16(22-26-18)13-4-2-1-3-5-13/h1-7,12H,8-11H2,(H,20,21,22,24). The van der Waals surface area contributed by atoms with Crippen LogP contribution in [0.4, 0.5) is 10.9 Å². The van der Waals surface area contributed by atoms with Crippen molar-refractivity contribution in [3.8, 4) is 11.4 Å². The van der Waals surface area contributed by atoms with Crippen molar-refractivity contribution in [2.45, 2.75) is 0 Å². The van der Waals surface area contributed by atoms with Crippen LogP contribution in [0.1, 0.15) is 10.4 Å². The molecule has 0 saturated carbocycles. The summed E-state index contributed by atoms with van der Waals surface area (Å²) in [6, 6.07) is 13.3. The average Bonchev–Trinajstić information content (AvgIpc) is 3.18. The molecule has 1 aliphatic rings. The van der Waals surface area contributed by atoms with Gasteiger partial charge < -0.3 is 9.64 Å². The van der Waals surface area contributed by atoms with E-state index in [1.54, 1.807) is 12.3 Å². The van der Waals surface area contributed by atoms with E-state index in [4.69, 9.17) is 4.74 Å². The summed E-state index contributed by atoms with van der Waals surface area (Å²) in [7, 11) is 0. The summed E-state index contributed by atoms with van der Waals surface area (Å²) >= 11 is 1.16. The lowest BCUT2D eigenvalue weighted by Crippen LogP contribution is -2.36. The summed E-state index contributed by atoms with van der Waals surface area (Å²) < 4.78 is 9.63. The van der Waals surface area contributed by atoms with Crippen molar-refractivity contribution < 1.29 is 9.53 Å². The van der Waals surface area contributed by atoms with E-state index >= 15 is 0 Å². The Morgan fingerprint density at radius 3 is 2.65 bits per heavy atom. The third-order valence-corrected chi connectivity index (χ3v) is 4.65. The number of rotatable bonds is 4. The van der Waals surface area contributed by atoms with E-state index in [9.17, 15) is 4.79 Å². The molecule has 3 heterocycles. The van der Waals surface area contributed by atoms with Crippen molar-refractivity contribution >= 4 is 28.4 Å². The number of hydrogen-bond donors (Lipinski definition) is 1. The van der Waals surface area contributed by atoms with Gasteiger partial charge in [0.25, 0.3) is 5.91 Å². The van der Waals surface area contributed by atoms with Gasteiger partial charge in [-0.05, 0) is 12.1 Å². The Balaban J connectivity index is 1.42. The number of carbonyl (C=O) groups excluding carboxylic acids is 1. The lowest BCUT2D eigenvalue weighted by molar-refractivity contribution is 0.102. The SMILES string of the molecule is O=C(Nc1nc(-c2ccccc2)ns1)c1ccc(N2CCOCC2)nc1. The van der Waals surface area contributed by atoms with Crippen LogP contribution in [-0.4, -0.2) is 46.6 Å². The maximum absolute atomic E-state index is 12.4. The number of carbonyl (C=O) groups is 1. The summed E-state index contributed by atoms with van der Waals surface area (Å²) in [5.41, 5.74) is 1.40. The van der Waals surface area contributed by atoms with E-state index in [2.05, 4.69) is 24.6 Å². The van der Waals surface area contributed by atoms with Crippen LogP contribution >= 0.6 is 11.5 Å². The Kier molecular flexibility index (Phi) is 4.85. The summed E-state index contributed by atoms with van der Waals surface area (Å²) in [5, 5.41) is 3.24. The normalized spacial score (nSPS) is 14.2. The van der Waals surface area contributed by atoms with Crippen molar-refractivity contribution in [2.75, 3.05) is 36.5 Å². The number of nitrogens with zero attached hydrogens (tertiary/aromatic N) is 4. The molecular formula is C18H17N5O2S. The average molecular weight is 367 g/mol. The molecule has 4 rings (SSSR count). The van der Waals surface area contributed by atoms with Crippen LogP contribution < -0.4 is 10.2 Å². The quantitative estimate of drug-likeness (QED) is 0.764. The third-order valence-electron chi connectivity index (χ3n) is 4.02. The van der Waals surface area contributed by atoms with Gasteiger partial charge >= 0.3 is 0 Å². The largest absolute Gasteiger partial charge is 0.378 e. The maximum atomic E-state index is 12.4. The van der Waals surface area contributed by atoms with Crippen LogP contribution in [0.15, 0.2) is 48.7 Å². The second kappa shape index (κ2) is 7.59. The second-order valence-corrected chi connectivity index (χ2v) is 6.50. The van der Waals surface area contributed by atoms with E-state index in [1.807, 2.05) is 36.4 Å². The zero-order chi connectivity index (χ0) is 17.8. The van der Waals surface area contributed by atoms with Crippen molar-refractivity contribution in [1.29, 1.82) is 0 Å². The van der Waals surface area contributed by atoms with E-state index in [1.165, 1.54) is 0 Å². The van der Waals surface area contributed by atoms with Gasteiger partial charge in [-0.25, -0.2) is 4.98 Å². The first-order valence-electron chi connectivity index (χ1n) is 8.29. The van der Waals surface area contributed by atoms with Crippen LogP contribution in [0.2, 0.25) is 0 Å². The van der Waals surface area contributed by atoms with Crippen LogP contribution in [0.3, 0.4) is 0 Å². The monoisotopic (exact) mass is 367 g/mol. The number of hydrogen-bond acceptors (Lipinski definition) is 7. The minimum atomic E-state index is -0.248. The molecule has 0 bridgehead atoms. The minimum absolute atomic E-state index is 0.248. The topological polar surface area (TPSA) is 80.2 Å². The molecule has 0 atom stereocenters. The fraction of sp³-hybridized carbons (Fsp3) is 0.222. The van der Waals surface area contributed by atoms with E-state index < -0.39 is 0 Å². The van der Waals surface area contributed by atoms with E-state index in [0.717, 1.165) is 36.0 Å². The number of anilines is 2. The molecule has 0 spiro atoms. The number of benzene rings is 1. The lowest BCUT2D eigenvalue weighted by atomic mass is 10.2. The predicted molar refractivity (Wildman–Crippen MR) is 101 cm³/mol. The Morgan fingerprint density at radius 2 is 1.92 bits per heavy atom. The molecule has 1 fully saturated rings. The van der Waals surface area contributed by atoms with Crippen LogP contribution in [0.5, 0.6) is 0 Å². The molecule has 2 aromatic heterocycles. The number of amides is 1. The van der Waals surface area contributed by atoms with Gasteiger partial charge in [-0.3, -0.25) is 10.1 Å². The molecule has 0 aliphatic carbocycles. The highest BCUT2D eigenvalue weighted by molar-refractivity contribution is 7.10. The number of pyridine rings is 1. The van der Waals surface area contributed by atoms with Crippen LogP contribution in [0.25, 0.3) is 11.4 Å².